The van der Waals surface area contributed by atoms with Crippen molar-refractivity contribution in [3.8, 4) is 0 Å². The smallest absolute Gasteiger partial charge is 0.0380 e. The molecule has 3 atom stereocenters. The van der Waals surface area contributed by atoms with Crippen LogP contribution in [0.15, 0.2) is 24.3 Å². The lowest BCUT2D eigenvalue weighted by Gasteiger charge is -2.33. The molecule has 0 radical (unpaired) electrons. The highest BCUT2D eigenvalue weighted by Gasteiger charge is 2.41. The van der Waals surface area contributed by atoms with Gasteiger partial charge >= 0.3 is 0 Å². The zero-order chi connectivity index (χ0) is 14.2. The summed E-state index contributed by atoms with van der Waals surface area (Å²) in [6.07, 6.45) is 5.35. The van der Waals surface area contributed by atoms with Gasteiger partial charge in [0.25, 0.3) is 0 Å². The highest BCUT2D eigenvalue weighted by molar-refractivity contribution is 7.99. The first-order valence-corrected chi connectivity index (χ1v) is 9.12. The van der Waals surface area contributed by atoms with E-state index in [1.54, 1.807) is 11.1 Å². The predicted octanol–water partition coefficient (Wildman–Crippen LogP) is 4.57. The molecule has 0 aromatic heterocycles. The van der Waals surface area contributed by atoms with Crippen LogP contribution in [0.3, 0.4) is 0 Å². The van der Waals surface area contributed by atoms with Crippen molar-refractivity contribution in [2.75, 3.05) is 5.75 Å². The molecule has 1 fully saturated rings. The summed E-state index contributed by atoms with van der Waals surface area (Å²) in [5.74, 6) is 1.24. The van der Waals surface area contributed by atoms with Crippen molar-refractivity contribution in [3.05, 3.63) is 35.4 Å². The van der Waals surface area contributed by atoms with E-state index in [1.165, 1.54) is 31.4 Å². The van der Waals surface area contributed by atoms with Crippen molar-refractivity contribution in [1.29, 1.82) is 0 Å². The van der Waals surface area contributed by atoms with Gasteiger partial charge in [0, 0.05) is 17.3 Å². The second-order valence-electron chi connectivity index (χ2n) is 7.00. The minimum Gasteiger partial charge on any atom is -0.306 e. The van der Waals surface area contributed by atoms with Crippen molar-refractivity contribution in [3.63, 3.8) is 0 Å². The summed E-state index contributed by atoms with van der Waals surface area (Å²) in [5.41, 5.74) is 3.44. The van der Waals surface area contributed by atoms with Crippen molar-refractivity contribution in [2.45, 2.75) is 63.8 Å². The molecule has 0 amide bonds. The fraction of sp³-hybridized carbons (Fsp3) is 0.667. The molecule has 2 aliphatic rings. The average Bonchev–Trinajstić information content (AvgIpc) is 2.94. The SMILES string of the molecule is CCSC1CCCC1NC1c2ccccc2CC1(C)C. The van der Waals surface area contributed by atoms with Gasteiger partial charge in [-0.3, -0.25) is 0 Å². The topological polar surface area (TPSA) is 12.0 Å². The van der Waals surface area contributed by atoms with E-state index in [0.717, 1.165) is 5.25 Å². The van der Waals surface area contributed by atoms with Gasteiger partial charge in [-0.1, -0.05) is 51.5 Å². The average molecular weight is 289 g/mol. The van der Waals surface area contributed by atoms with Crippen LogP contribution in [0, 0.1) is 5.41 Å². The monoisotopic (exact) mass is 289 g/mol. The van der Waals surface area contributed by atoms with Crippen molar-refractivity contribution >= 4 is 11.8 Å². The molecule has 2 aliphatic carbocycles. The standard InChI is InChI=1S/C18H27NS/c1-4-20-16-11-7-10-15(16)19-17-14-9-6-5-8-13(14)12-18(17,2)3/h5-6,8-9,15-17,19H,4,7,10-12H2,1-3H3. The zero-order valence-corrected chi connectivity index (χ0v) is 13.8. The van der Waals surface area contributed by atoms with Crippen LogP contribution in [0.1, 0.15) is 57.2 Å². The maximum atomic E-state index is 4.04. The van der Waals surface area contributed by atoms with E-state index < -0.39 is 0 Å². The molecule has 0 spiro atoms. The fourth-order valence-electron chi connectivity index (χ4n) is 4.05. The summed E-state index contributed by atoms with van der Waals surface area (Å²) in [6.45, 7) is 7.12. The molecule has 20 heavy (non-hydrogen) atoms. The lowest BCUT2D eigenvalue weighted by atomic mass is 9.85. The number of fused-ring (bicyclic) bond motifs is 1. The maximum absolute atomic E-state index is 4.04. The molecule has 1 nitrogen and oxygen atoms in total. The van der Waals surface area contributed by atoms with Gasteiger partial charge in [-0.05, 0) is 41.6 Å². The Morgan fingerprint density at radius 3 is 2.85 bits per heavy atom. The third kappa shape index (κ3) is 2.65. The largest absolute Gasteiger partial charge is 0.306 e. The number of rotatable bonds is 4. The van der Waals surface area contributed by atoms with Gasteiger partial charge < -0.3 is 5.32 Å². The molecule has 3 rings (SSSR count). The quantitative estimate of drug-likeness (QED) is 0.871. The van der Waals surface area contributed by atoms with Gasteiger partial charge in [0.2, 0.25) is 0 Å². The molecule has 1 saturated carbocycles. The second kappa shape index (κ2) is 5.73. The summed E-state index contributed by atoms with van der Waals surface area (Å²) in [7, 11) is 0. The van der Waals surface area contributed by atoms with Crippen LogP contribution in [0.25, 0.3) is 0 Å². The van der Waals surface area contributed by atoms with E-state index in [1.807, 2.05) is 0 Å². The molecule has 1 aromatic rings. The number of thioether (sulfide) groups is 1. The van der Waals surface area contributed by atoms with E-state index in [0.29, 0.717) is 17.5 Å². The van der Waals surface area contributed by atoms with Crippen LogP contribution in [0.4, 0.5) is 0 Å². The Kier molecular flexibility index (Phi) is 4.14. The Hall–Kier alpha value is -0.470. The van der Waals surface area contributed by atoms with Crippen LogP contribution in [-0.4, -0.2) is 17.0 Å². The predicted molar refractivity (Wildman–Crippen MR) is 89.4 cm³/mol. The Balaban J connectivity index is 1.79. The van der Waals surface area contributed by atoms with Gasteiger partial charge in [0.15, 0.2) is 0 Å². The fourth-order valence-corrected chi connectivity index (χ4v) is 5.26. The summed E-state index contributed by atoms with van der Waals surface area (Å²) in [6, 6.07) is 10.3. The Bertz CT molecular complexity index is 468. The first-order chi connectivity index (χ1) is 9.62. The lowest BCUT2D eigenvalue weighted by Crippen LogP contribution is -2.41. The van der Waals surface area contributed by atoms with E-state index in [-0.39, 0.29) is 0 Å². The van der Waals surface area contributed by atoms with E-state index in [4.69, 9.17) is 0 Å². The number of benzene rings is 1. The van der Waals surface area contributed by atoms with Crippen LogP contribution >= 0.6 is 11.8 Å². The molecule has 0 bridgehead atoms. The van der Waals surface area contributed by atoms with Crippen molar-refractivity contribution in [2.24, 2.45) is 5.41 Å². The number of hydrogen-bond donors (Lipinski definition) is 1. The highest BCUT2D eigenvalue weighted by atomic mass is 32.2. The Labute approximate surface area is 127 Å². The number of nitrogens with one attached hydrogen (secondary N) is 1. The maximum Gasteiger partial charge on any atom is 0.0380 e. The van der Waals surface area contributed by atoms with Crippen LogP contribution in [0.2, 0.25) is 0 Å². The molecule has 2 heteroatoms. The highest BCUT2D eigenvalue weighted by Crippen LogP contribution is 2.46. The Morgan fingerprint density at radius 2 is 2.05 bits per heavy atom. The van der Waals surface area contributed by atoms with E-state index >= 15 is 0 Å². The zero-order valence-electron chi connectivity index (χ0n) is 13.0. The van der Waals surface area contributed by atoms with Gasteiger partial charge in [-0.2, -0.15) is 11.8 Å². The van der Waals surface area contributed by atoms with Crippen LogP contribution in [0.5, 0.6) is 0 Å². The normalized spacial score (nSPS) is 31.4. The van der Waals surface area contributed by atoms with Crippen LogP contribution < -0.4 is 5.32 Å². The van der Waals surface area contributed by atoms with Gasteiger partial charge in [-0.15, -0.1) is 0 Å². The summed E-state index contributed by atoms with van der Waals surface area (Å²) >= 11 is 2.15. The summed E-state index contributed by atoms with van der Waals surface area (Å²) in [5, 5.41) is 4.86. The van der Waals surface area contributed by atoms with Crippen molar-refractivity contribution < 1.29 is 0 Å². The molecule has 0 aliphatic heterocycles. The first-order valence-electron chi connectivity index (χ1n) is 8.07. The number of hydrogen-bond acceptors (Lipinski definition) is 2. The van der Waals surface area contributed by atoms with E-state index in [2.05, 4.69) is 62.1 Å². The second-order valence-corrected chi connectivity index (χ2v) is 8.51. The Morgan fingerprint density at radius 1 is 1.25 bits per heavy atom. The van der Waals surface area contributed by atoms with Crippen LogP contribution in [-0.2, 0) is 6.42 Å². The molecule has 3 unspecified atom stereocenters. The molecule has 0 heterocycles. The molecular weight excluding hydrogens is 262 g/mol. The summed E-state index contributed by atoms with van der Waals surface area (Å²) < 4.78 is 0. The van der Waals surface area contributed by atoms with Crippen molar-refractivity contribution in [1.82, 2.24) is 5.32 Å². The molecule has 110 valence electrons. The third-order valence-electron chi connectivity index (χ3n) is 5.01. The molecular formula is C18H27NS. The minimum absolute atomic E-state index is 0.341. The molecule has 0 saturated heterocycles. The van der Waals surface area contributed by atoms with Gasteiger partial charge in [0.05, 0.1) is 0 Å². The first kappa shape index (κ1) is 14.5. The van der Waals surface area contributed by atoms with Gasteiger partial charge in [0.1, 0.15) is 0 Å². The molecule has 1 aromatic carbocycles. The van der Waals surface area contributed by atoms with Gasteiger partial charge in [-0.25, -0.2) is 0 Å². The van der Waals surface area contributed by atoms with E-state index in [9.17, 15) is 0 Å². The summed E-state index contributed by atoms with van der Waals surface area (Å²) in [4.78, 5) is 0. The third-order valence-corrected chi connectivity index (χ3v) is 6.33. The minimum atomic E-state index is 0.341. The lowest BCUT2D eigenvalue weighted by molar-refractivity contribution is 0.249. The molecule has 1 N–H and O–H groups in total.